The van der Waals surface area contributed by atoms with E-state index in [2.05, 4.69) is 16.9 Å². The Kier molecular flexibility index (Phi) is 9.06. The third kappa shape index (κ3) is 7.94. The van der Waals surface area contributed by atoms with E-state index >= 15 is 0 Å². The van der Waals surface area contributed by atoms with E-state index in [1.165, 1.54) is 19.2 Å². The summed E-state index contributed by atoms with van der Waals surface area (Å²) in [6.45, 7) is 4.26. The maximum Gasteiger partial charge on any atom is 0.240 e. The standard InChI is InChI=1S/C17H28N6O4/c1-11(15(23(26)27-2)4-3-9-21-17(19)20)22-14(16(18)25)10-12-5-7-13(24)8-6-12/h5-8,14-15,22,24,26H,1,3-4,9-10H2,2H3,(H2,18,25)(H4,19,20,21)/t14-,15-/m0/s1. The Bertz CT molecular complexity index is 645. The number of carbonyl (C=O) groups is 1. The van der Waals surface area contributed by atoms with Crippen molar-refractivity contribution in [2.75, 3.05) is 13.7 Å². The molecular weight excluding hydrogens is 352 g/mol. The van der Waals surface area contributed by atoms with Crippen molar-refractivity contribution >= 4 is 11.9 Å². The number of hydroxylamine groups is 2. The van der Waals surface area contributed by atoms with E-state index in [4.69, 9.17) is 22.0 Å². The number of guanidine groups is 1. The van der Waals surface area contributed by atoms with Crippen LogP contribution in [0.2, 0.25) is 0 Å². The molecule has 0 bridgehead atoms. The Morgan fingerprint density at radius 3 is 2.48 bits per heavy atom. The molecule has 0 saturated heterocycles. The second-order valence-electron chi connectivity index (χ2n) is 5.94. The lowest BCUT2D eigenvalue weighted by Gasteiger charge is -2.28. The van der Waals surface area contributed by atoms with E-state index in [0.29, 0.717) is 30.3 Å². The molecule has 0 heterocycles. The van der Waals surface area contributed by atoms with Crippen LogP contribution in [-0.4, -0.2) is 53.1 Å². The Morgan fingerprint density at radius 2 is 1.96 bits per heavy atom. The number of carbonyl (C=O) groups excluding carboxylic acids is 1. The summed E-state index contributed by atoms with van der Waals surface area (Å²) in [5.41, 5.74) is 17.2. The fourth-order valence-corrected chi connectivity index (χ4v) is 2.45. The molecule has 0 aromatic heterocycles. The molecule has 1 aromatic carbocycles. The van der Waals surface area contributed by atoms with Gasteiger partial charge in [0.2, 0.25) is 5.91 Å². The average Bonchev–Trinajstić information content (AvgIpc) is 2.61. The van der Waals surface area contributed by atoms with Crippen molar-refractivity contribution in [3.8, 4) is 5.75 Å². The fraction of sp³-hybridized carbons (Fsp3) is 0.412. The van der Waals surface area contributed by atoms with Crippen LogP contribution in [0.15, 0.2) is 41.5 Å². The van der Waals surface area contributed by atoms with Crippen LogP contribution in [-0.2, 0) is 16.1 Å². The van der Waals surface area contributed by atoms with E-state index in [9.17, 15) is 15.1 Å². The number of benzene rings is 1. The molecule has 0 aliphatic rings. The number of nitrogens with two attached hydrogens (primary N) is 3. The molecule has 0 spiro atoms. The first-order chi connectivity index (χ1) is 12.7. The predicted octanol–water partition coefficient (Wildman–Crippen LogP) is -0.433. The van der Waals surface area contributed by atoms with Crippen LogP contribution < -0.4 is 22.5 Å². The Labute approximate surface area is 158 Å². The minimum absolute atomic E-state index is 0.0150. The van der Waals surface area contributed by atoms with Crippen LogP contribution >= 0.6 is 0 Å². The van der Waals surface area contributed by atoms with Gasteiger partial charge in [-0.25, -0.2) is 0 Å². The topological polar surface area (TPSA) is 172 Å². The second-order valence-corrected chi connectivity index (χ2v) is 5.94. The van der Waals surface area contributed by atoms with Gasteiger partial charge in [0.15, 0.2) is 5.96 Å². The van der Waals surface area contributed by atoms with Crippen molar-refractivity contribution in [2.24, 2.45) is 22.2 Å². The summed E-state index contributed by atoms with van der Waals surface area (Å²) in [6.07, 6.45) is 1.24. The highest BCUT2D eigenvalue weighted by molar-refractivity contribution is 5.80. The lowest BCUT2D eigenvalue weighted by Crippen LogP contribution is -2.47. The summed E-state index contributed by atoms with van der Waals surface area (Å²) < 4.78 is 0. The maximum absolute atomic E-state index is 11.8. The van der Waals surface area contributed by atoms with Crippen molar-refractivity contribution in [2.45, 2.75) is 31.3 Å². The first kappa shape index (κ1) is 22.2. The molecule has 0 unspecified atom stereocenters. The molecule has 1 rings (SSSR count). The molecule has 10 nitrogen and oxygen atoms in total. The Hall–Kier alpha value is -2.82. The third-order valence-corrected chi connectivity index (χ3v) is 3.87. The first-order valence-electron chi connectivity index (χ1n) is 8.34. The highest BCUT2D eigenvalue weighted by atomic mass is 16.9. The van der Waals surface area contributed by atoms with Crippen LogP contribution in [0.4, 0.5) is 0 Å². The monoisotopic (exact) mass is 380 g/mol. The van der Waals surface area contributed by atoms with Crippen LogP contribution in [0.3, 0.4) is 0 Å². The highest BCUT2D eigenvalue weighted by Crippen LogP contribution is 2.15. The Morgan fingerprint density at radius 1 is 1.33 bits per heavy atom. The van der Waals surface area contributed by atoms with Gasteiger partial charge in [0.25, 0.3) is 0 Å². The van der Waals surface area contributed by atoms with Crippen LogP contribution in [0, 0.1) is 0 Å². The number of aliphatic imine (C=N–C) groups is 1. The number of primary amides is 1. The van der Waals surface area contributed by atoms with Crippen molar-refractivity contribution < 1.29 is 19.9 Å². The lowest BCUT2D eigenvalue weighted by molar-refractivity contribution is -0.344. The molecular formula is C17H28N6O4. The average molecular weight is 380 g/mol. The minimum atomic E-state index is -0.757. The van der Waals surface area contributed by atoms with Gasteiger partial charge < -0.3 is 27.6 Å². The Balaban J connectivity index is 2.77. The summed E-state index contributed by atoms with van der Waals surface area (Å²) in [4.78, 5) is 20.5. The summed E-state index contributed by atoms with van der Waals surface area (Å²) >= 11 is 0. The van der Waals surface area contributed by atoms with Crippen molar-refractivity contribution in [1.29, 1.82) is 0 Å². The normalized spacial score (nSPS) is 13.0. The molecule has 0 aliphatic heterocycles. The number of nitrogens with one attached hydrogen (secondary N) is 1. The van der Waals surface area contributed by atoms with Gasteiger partial charge in [-0.05, 0) is 30.5 Å². The zero-order valence-corrected chi connectivity index (χ0v) is 15.3. The SMILES string of the molecule is C=C(N[C@@H](Cc1ccc(O)cc1)C(N)=O)[C@H](CCCN=C(N)N)N(O)OC. The van der Waals surface area contributed by atoms with E-state index < -0.39 is 18.0 Å². The van der Waals surface area contributed by atoms with Crippen LogP contribution in [0.25, 0.3) is 0 Å². The zero-order chi connectivity index (χ0) is 20.4. The number of aromatic hydroxyl groups is 1. The minimum Gasteiger partial charge on any atom is -0.508 e. The quantitative estimate of drug-likeness (QED) is 0.123. The van der Waals surface area contributed by atoms with Gasteiger partial charge in [-0.15, -0.1) is 0 Å². The molecule has 10 heteroatoms. The molecule has 0 radical (unpaired) electrons. The molecule has 0 aliphatic carbocycles. The summed E-state index contributed by atoms with van der Waals surface area (Å²) in [7, 11) is 1.30. The predicted molar refractivity (Wildman–Crippen MR) is 101 cm³/mol. The van der Waals surface area contributed by atoms with Gasteiger partial charge in [0.05, 0.1) is 7.11 Å². The highest BCUT2D eigenvalue weighted by Gasteiger charge is 2.24. The summed E-state index contributed by atoms with van der Waals surface area (Å²) in [5, 5.41) is 22.9. The van der Waals surface area contributed by atoms with Crippen LogP contribution in [0.5, 0.6) is 5.75 Å². The van der Waals surface area contributed by atoms with Gasteiger partial charge in [0.1, 0.15) is 17.8 Å². The number of hydrogen-bond acceptors (Lipinski definition) is 7. The largest absolute Gasteiger partial charge is 0.508 e. The summed E-state index contributed by atoms with van der Waals surface area (Å²) in [5.74, 6) is -0.465. The van der Waals surface area contributed by atoms with E-state index in [1.54, 1.807) is 12.1 Å². The van der Waals surface area contributed by atoms with Gasteiger partial charge >= 0.3 is 0 Å². The number of phenols is 1. The molecule has 2 atom stereocenters. The molecule has 9 N–H and O–H groups in total. The van der Waals surface area contributed by atoms with Gasteiger partial charge in [-0.2, -0.15) is 0 Å². The lowest BCUT2D eigenvalue weighted by atomic mass is 10.0. The van der Waals surface area contributed by atoms with Crippen molar-refractivity contribution in [1.82, 2.24) is 10.5 Å². The zero-order valence-electron chi connectivity index (χ0n) is 15.3. The number of rotatable bonds is 12. The fourth-order valence-electron chi connectivity index (χ4n) is 2.45. The molecule has 27 heavy (non-hydrogen) atoms. The molecule has 1 aromatic rings. The van der Waals surface area contributed by atoms with Crippen molar-refractivity contribution in [3.63, 3.8) is 0 Å². The smallest absolute Gasteiger partial charge is 0.240 e. The van der Waals surface area contributed by atoms with Crippen molar-refractivity contribution in [3.05, 3.63) is 42.1 Å². The first-order valence-corrected chi connectivity index (χ1v) is 8.34. The van der Waals surface area contributed by atoms with E-state index in [1.807, 2.05) is 0 Å². The van der Waals surface area contributed by atoms with Crippen LogP contribution in [0.1, 0.15) is 18.4 Å². The second kappa shape index (κ2) is 11.0. The molecule has 0 saturated carbocycles. The van der Waals surface area contributed by atoms with Gasteiger partial charge in [-0.3, -0.25) is 19.8 Å². The number of nitrogens with zero attached hydrogens (tertiary/aromatic N) is 2. The molecule has 0 fully saturated rings. The van der Waals surface area contributed by atoms with E-state index in [-0.39, 0.29) is 18.1 Å². The van der Waals surface area contributed by atoms with Gasteiger partial charge in [0, 0.05) is 18.7 Å². The van der Waals surface area contributed by atoms with Gasteiger partial charge in [-0.1, -0.05) is 23.9 Å². The molecule has 1 amide bonds. The number of phenolic OH excluding ortho intramolecular Hbond substituents is 1. The maximum atomic E-state index is 11.8. The number of hydrogen-bond donors (Lipinski definition) is 6. The van der Waals surface area contributed by atoms with E-state index in [0.717, 1.165) is 5.56 Å². The molecule has 150 valence electrons. The summed E-state index contributed by atoms with van der Waals surface area (Å²) in [6, 6.07) is 5.02. The number of amides is 1. The third-order valence-electron chi connectivity index (χ3n) is 3.87.